The van der Waals surface area contributed by atoms with Gasteiger partial charge in [0.2, 0.25) is 10.0 Å². The highest BCUT2D eigenvalue weighted by Gasteiger charge is 2.26. The van der Waals surface area contributed by atoms with Gasteiger partial charge >= 0.3 is 0 Å². The van der Waals surface area contributed by atoms with Gasteiger partial charge in [0.25, 0.3) is 5.91 Å². The van der Waals surface area contributed by atoms with E-state index in [1.807, 2.05) is 0 Å². The lowest BCUT2D eigenvalue weighted by Gasteiger charge is -2.21. The SMILES string of the molecule is CCN(CC)S(=O)(=O)c1cc(C(=O)N(C)Cc2c(F)cccc2Cl)ccc1Cl. The van der Waals surface area contributed by atoms with E-state index in [0.29, 0.717) is 0 Å². The Hall–Kier alpha value is -1.67. The summed E-state index contributed by atoms with van der Waals surface area (Å²) in [4.78, 5) is 13.9. The van der Waals surface area contributed by atoms with E-state index in [4.69, 9.17) is 23.2 Å². The van der Waals surface area contributed by atoms with Gasteiger partial charge in [0, 0.05) is 42.8 Å². The molecule has 0 spiro atoms. The third-order valence-electron chi connectivity index (χ3n) is 4.31. The molecule has 0 aromatic heterocycles. The highest BCUT2D eigenvalue weighted by atomic mass is 35.5. The minimum atomic E-state index is -3.84. The van der Waals surface area contributed by atoms with Crippen molar-refractivity contribution in [2.24, 2.45) is 0 Å². The van der Waals surface area contributed by atoms with Gasteiger partial charge in [-0.25, -0.2) is 12.8 Å². The molecule has 0 fully saturated rings. The zero-order valence-corrected chi connectivity index (χ0v) is 18.1. The largest absolute Gasteiger partial charge is 0.337 e. The summed E-state index contributed by atoms with van der Waals surface area (Å²) in [6.07, 6.45) is 0. The number of carbonyl (C=O) groups excluding carboxylic acids is 1. The number of sulfonamides is 1. The number of hydrogen-bond donors (Lipinski definition) is 0. The van der Waals surface area contributed by atoms with Crippen LogP contribution in [-0.2, 0) is 16.6 Å². The summed E-state index contributed by atoms with van der Waals surface area (Å²) >= 11 is 12.1. The first-order valence-electron chi connectivity index (χ1n) is 8.61. The number of benzene rings is 2. The lowest BCUT2D eigenvalue weighted by atomic mass is 10.1. The maximum absolute atomic E-state index is 14.0. The first-order valence-corrected chi connectivity index (χ1v) is 10.8. The van der Waals surface area contributed by atoms with Crippen molar-refractivity contribution in [2.45, 2.75) is 25.3 Å². The second kappa shape index (κ2) is 9.22. The molecule has 0 radical (unpaired) electrons. The van der Waals surface area contributed by atoms with Crippen LogP contribution in [-0.4, -0.2) is 43.7 Å². The molecule has 0 bridgehead atoms. The van der Waals surface area contributed by atoms with Gasteiger partial charge in [0.1, 0.15) is 10.7 Å². The molecule has 0 saturated heterocycles. The van der Waals surface area contributed by atoms with E-state index >= 15 is 0 Å². The van der Waals surface area contributed by atoms with Gasteiger partial charge < -0.3 is 4.90 Å². The van der Waals surface area contributed by atoms with Crippen LogP contribution in [0.2, 0.25) is 10.0 Å². The number of carbonyl (C=O) groups is 1. The summed E-state index contributed by atoms with van der Waals surface area (Å²) in [7, 11) is -2.35. The molecule has 0 aliphatic rings. The third-order valence-corrected chi connectivity index (χ3v) is 7.19. The average molecular weight is 447 g/mol. The van der Waals surface area contributed by atoms with Crippen LogP contribution in [0.5, 0.6) is 0 Å². The number of hydrogen-bond acceptors (Lipinski definition) is 3. The monoisotopic (exact) mass is 446 g/mol. The van der Waals surface area contributed by atoms with Crippen molar-refractivity contribution in [2.75, 3.05) is 20.1 Å². The van der Waals surface area contributed by atoms with E-state index < -0.39 is 21.7 Å². The van der Waals surface area contributed by atoms with Crippen LogP contribution >= 0.6 is 23.2 Å². The van der Waals surface area contributed by atoms with Crippen molar-refractivity contribution in [3.63, 3.8) is 0 Å². The van der Waals surface area contributed by atoms with E-state index in [2.05, 4.69) is 0 Å². The van der Waals surface area contributed by atoms with Crippen LogP contribution in [0.15, 0.2) is 41.3 Å². The van der Waals surface area contributed by atoms with Crippen molar-refractivity contribution in [3.05, 3.63) is 63.4 Å². The minimum Gasteiger partial charge on any atom is -0.337 e. The lowest BCUT2D eigenvalue weighted by molar-refractivity contribution is 0.0783. The van der Waals surface area contributed by atoms with Gasteiger partial charge in [-0.2, -0.15) is 4.31 Å². The van der Waals surface area contributed by atoms with Crippen molar-refractivity contribution in [1.29, 1.82) is 0 Å². The molecule has 2 rings (SSSR count). The molecule has 5 nitrogen and oxygen atoms in total. The number of nitrogens with zero attached hydrogens (tertiary/aromatic N) is 2. The molecular formula is C19H21Cl2FN2O3S. The van der Waals surface area contributed by atoms with Crippen LogP contribution in [0.25, 0.3) is 0 Å². The average Bonchev–Trinajstić information content (AvgIpc) is 2.65. The maximum Gasteiger partial charge on any atom is 0.253 e. The van der Waals surface area contributed by atoms with Crippen LogP contribution in [0.3, 0.4) is 0 Å². The number of amides is 1. The van der Waals surface area contributed by atoms with E-state index in [9.17, 15) is 17.6 Å². The van der Waals surface area contributed by atoms with Crippen LogP contribution in [0, 0.1) is 5.82 Å². The summed E-state index contributed by atoms with van der Waals surface area (Å²) in [6, 6.07) is 8.33. The van der Waals surface area contributed by atoms with Gasteiger partial charge in [-0.3, -0.25) is 4.79 Å². The predicted molar refractivity (Wildman–Crippen MR) is 109 cm³/mol. The van der Waals surface area contributed by atoms with Gasteiger partial charge in [0.05, 0.1) is 5.02 Å². The Morgan fingerprint density at radius 2 is 1.71 bits per heavy atom. The zero-order valence-electron chi connectivity index (χ0n) is 15.7. The van der Waals surface area contributed by atoms with Gasteiger partial charge in [-0.1, -0.05) is 43.1 Å². The van der Waals surface area contributed by atoms with E-state index in [0.717, 1.165) is 0 Å². The minimum absolute atomic E-state index is 0.0308. The molecule has 152 valence electrons. The van der Waals surface area contributed by atoms with E-state index in [1.165, 1.54) is 52.7 Å². The summed E-state index contributed by atoms with van der Waals surface area (Å²) in [5.74, 6) is -1.000. The van der Waals surface area contributed by atoms with Crippen LogP contribution < -0.4 is 0 Å². The molecular weight excluding hydrogens is 426 g/mol. The van der Waals surface area contributed by atoms with Gasteiger partial charge in [0.15, 0.2) is 0 Å². The Kier molecular flexibility index (Phi) is 7.45. The number of halogens is 3. The highest BCUT2D eigenvalue weighted by Crippen LogP contribution is 2.27. The maximum atomic E-state index is 14.0. The molecule has 0 saturated carbocycles. The highest BCUT2D eigenvalue weighted by molar-refractivity contribution is 7.89. The molecule has 2 aromatic rings. The summed E-state index contributed by atoms with van der Waals surface area (Å²) in [5.41, 5.74) is 0.315. The Labute approximate surface area is 174 Å². The third kappa shape index (κ3) is 4.66. The quantitative estimate of drug-likeness (QED) is 0.631. The first kappa shape index (κ1) is 22.6. The number of rotatable bonds is 7. The smallest absolute Gasteiger partial charge is 0.253 e. The first-order chi connectivity index (χ1) is 13.1. The molecule has 0 aliphatic heterocycles. The van der Waals surface area contributed by atoms with Crippen molar-refractivity contribution >= 4 is 39.1 Å². The fourth-order valence-corrected chi connectivity index (χ4v) is 4.93. The van der Waals surface area contributed by atoms with Crippen molar-refractivity contribution in [3.8, 4) is 0 Å². The Morgan fingerprint density at radius 1 is 1.07 bits per heavy atom. The lowest BCUT2D eigenvalue weighted by Crippen LogP contribution is -2.31. The summed E-state index contributed by atoms with van der Waals surface area (Å²) in [6.45, 7) is 3.93. The van der Waals surface area contributed by atoms with Crippen molar-refractivity contribution in [1.82, 2.24) is 9.21 Å². The van der Waals surface area contributed by atoms with E-state index in [1.54, 1.807) is 13.8 Å². The Morgan fingerprint density at radius 3 is 2.29 bits per heavy atom. The van der Waals surface area contributed by atoms with Crippen molar-refractivity contribution < 1.29 is 17.6 Å². The molecule has 0 N–H and O–H groups in total. The topological polar surface area (TPSA) is 57.7 Å². The van der Waals surface area contributed by atoms with Crippen LogP contribution in [0.1, 0.15) is 29.8 Å². The Balaban J connectivity index is 2.37. The molecule has 28 heavy (non-hydrogen) atoms. The second-order valence-corrected chi connectivity index (χ2v) is 8.82. The fraction of sp³-hybridized carbons (Fsp3) is 0.316. The molecule has 0 aliphatic carbocycles. The van der Waals surface area contributed by atoms with E-state index in [-0.39, 0.29) is 45.7 Å². The van der Waals surface area contributed by atoms with Crippen LogP contribution in [0.4, 0.5) is 4.39 Å². The summed E-state index contributed by atoms with van der Waals surface area (Å²) < 4.78 is 40.8. The fourth-order valence-electron chi connectivity index (χ4n) is 2.75. The molecule has 0 unspecified atom stereocenters. The Bertz CT molecular complexity index is 959. The standard InChI is InChI=1S/C19H21Cl2FN2O3S/c1-4-24(5-2)28(26,27)18-11-13(9-10-16(18)21)19(25)23(3)12-14-15(20)7-6-8-17(14)22/h6-11H,4-5,12H2,1-3H3. The molecule has 9 heteroatoms. The molecule has 0 heterocycles. The molecule has 0 atom stereocenters. The molecule has 2 aromatic carbocycles. The normalized spacial score (nSPS) is 11.7. The van der Waals surface area contributed by atoms with Gasteiger partial charge in [-0.15, -0.1) is 0 Å². The van der Waals surface area contributed by atoms with Gasteiger partial charge in [-0.05, 0) is 30.3 Å². The summed E-state index contributed by atoms with van der Waals surface area (Å²) in [5, 5.41) is 0.240. The predicted octanol–water partition coefficient (Wildman–Crippen LogP) is 4.44. The second-order valence-electron chi connectivity index (χ2n) is 6.10. The zero-order chi connectivity index (χ0) is 21.1. The molecule has 1 amide bonds.